The van der Waals surface area contributed by atoms with Crippen molar-refractivity contribution in [3.63, 3.8) is 0 Å². The predicted molar refractivity (Wildman–Crippen MR) is 117 cm³/mol. The number of carbonyl (C=O) groups excluding carboxylic acids is 3. The third-order valence-corrected chi connectivity index (χ3v) is 5.17. The van der Waals surface area contributed by atoms with Gasteiger partial charge in [-0.2, -0.15) is 0 Å². The first-order valence-corrected chi connectivity index (χ1v) is 10.2. The Morgan fingerprint density at radius 2 is 1.97 bits per heavy atom. The number of methoxy groups -OCH3 is 1. The van der Waals surface area contributed by atoms with Crippen LogP contribution in [-0.4, -0.2) is 42.2 Å². The van der Waals surface area contributed by atoms with Crippen LogP contribution < -0.4 is 14.8 Å². The largest absolute Gasteiger partial charge is 0.493 e. The van der Waals surface area contributed by atoms with Gasteiger partial charge < -0.3 is 14.8 Å². The molecule has 7 nitrogen and oxygen atoms in total. The number of imide groups is 1. The maximum atomic E-state index is 12.7. The number of amides is 3. The van der Waals surface area contributed by atoms with Crippen molar-refractivity contribution in [2.45, 2.75) is 13.8 Å². The molecule has 0 aromatic heterocycles. The van der Waals surface area contributed by atoms with E-state index in [1.54, 1.807) is 37.5 Å². The number of hydrogen-bond acceptors (Lipinski definition) is 6. The smallest absolute Gasteiger partial charge is 0.294 e. The van der Waals surface area contributed by atoms with E-state index in [0.717, 1.165) is 22.2 Å². The molecule has 156 valence electrons. The van der Waals surface area contributed by atoms with E-state index < -0.39 is 17.1 Å². The molecule has 8 heteroatoms. The van der Waals surface area contributed by atoms with E-state index in [4.69, 9.17) is 9.47 Å². The number of thioether (sulfide) groups is 1. The van der Waals surface area contributed by atoms with Crippen molar-refractivity contribution in [1.82, 2.24) is 4.90 Å². The van der Waals surface area contributed by atoms with Crippen molar-refractivity contribution in [2.24, 2.45) is 0 Å². The molecule has 1 aliphatic rings. The van der Waals surface area contributed by atoms with E-state index >= 15 is 0 Å². The lowest BCUT2D eigenvalue weighted by Gasteiger charge is -2.12. The summed E-state index contributed by atoms with van der Waals surface area (Å²) in [5.41, 5.74) is 2.30. The van der Waals surface area contributed by atoms with E-state index in [2.05, 4.69) is 5.32 Å². The summed E-state index contributed by atoms with van der Waals surface area (Å²) in [5, 5.41) is 2.22. The molecule has 1 N–H and O–H groups in total. The number of nitrogens with one attached hydrogen (secondary N) is 1. The van der Waals surface area contributed by atoms with Gasteiger partial charge in [0.05, 0.1) is 18.6 Å². The van der Waals surface area contributed by atoms with Crippen molar-refractivity contribution < 1.29 is 23.9 Å². The number of hydrogen-bond donors (Lipinski definition) is 1. The monoisotopic (exact) mass is 426 g/mol. The van der Waals surface area contributed by atoms with E-state index in [0.29, 0.717) is 29.4 Å². The molecule has 0 radical (unpaired) electrons. The number of nitrogens with zero attached hydrogens (tertiary/aromatic N) is 1. The molecule has 3 rings (SSSR count). The summed E-state index contributed by atoms with van der Waals surface area (Å²) in [5.74, 6) is 0.186. The van der Waals surface area contributed by atoms with Crippen LogP contribution in [0, 0.1) is 6.92 Å². The summed E-state index contributed by atoms with van der Waals surface area (Å²) in [6, 6.07) is 12.5. The molecule has 0 saturated carbocycles. The second-order valence-electron chi connectivity index (χ2n) is 6.53. The third kappa shape index (κ3) is 5.01. The predicted octanol–water partition coefficient (Wildman–Crippen LogP) is 4.08. The van der Waals surface area contributed by atoms with Gasteiger partial charge in [0, 0.05) is 5.69 Å². The Morgan fingerprint density at radius 3 is 2.67 bits per heavy atom. The highest BCUT2D eigenvalue weighted by Gasteiger charge is 2.36. The minimum absolute atomic E-state index is 0.246. The SMILES string of the molecule is CCOc1cc(/C=C2/SC(=O)N(CC(=O)Nc3cccc(C)c3)C2=O)ccc1OC. The Morgan fingerprint density at radius 1 is 1.17 bits per heavy atom. The average molecular weight is 426 g/mol. The minimum Gasteiger partial charge on any atom is -0.493 e. The summed E-state index contributed by atoms with van der Waals surface area (Å²) in [6.45, 7) is 3.89. The molecular formula is C22H22N2O5S. The molecule has 0 bridgehead atoms. The fraction of sp³-hybridized carbons (Fsp3) is 0.227. The molecule has 2 aromatic carbocycles. The molecule has 0 unspecified atom stereocenters. The van der Waals surface area contributed by atoms with Gasteiger partial charge in [-0.25, -0.2) is 0 Å². The number of benzene rings is 2. The van der Waals surface area contributed by atoms with Gasteiger partial charge in [-0.15, -0.1) is 0 Å². The van der Waals surface area contributed by atoms with Crippen molar-refractivity contribution >= 4 is 40.6 Å². The van der Waals surface area contributed by atoms with Crippen molar-refractivity contribution in [2.75, 3.05) is 25.6 Å². The fourth-order valence-electron chi connectivity index (χ4n) is 2.91. The lowest BCUT2D eigenvalue weighted by molar-refractivity contribution is -0.127. The lowest BCUT2D eigenvalue weighted by Crippen LogP contribution is -2.36. The van der Waals surface area contributed by atoms with Crippen molar-refractivity contribution in [3.05, 3.63) is 58.5 Å². The first-order valence-electron chi connectivity index (χ1n) is 9.34. The second-order valence-corrected chi connectivity index (χ2v) is 7.52. The van der Waals surface area contributed by atoms with Crippen molar-refractivity contribution in [1.29, 1.82) is 0 Å². The van der Waals surface area contributed by atoms with Crippen LogP contribution in [0.4, 0.5) is 10.5 Å². The maximum absolute atomic E-state index is 12.7. The number of carbonyl (C=O) groups is 3. The highest BCUT2D eigenvalue weighted by atomic mass is 32.2. The first kappa shape index (κ1) is 21.4. The van der Waals surface area contributed by atoms with Gasteiger partial charge in [-0.1, -0.05) is 18.2 Å². The van der Waals surface area contributed by atoms with Crippen molar-refractivity contribution in [3.8, 4) is 11.5 Å². The fourth-order valence-corrected chi connectivity index (χ4v) is 3.74. The van der Waals surface area contributed by atoms with E-state index in [9.17, 15) is 14.4 Å². The van der Waals surface area contributed by atoms with E-state index in [-0.39, 0.29) is 11.4 Å². The highest BCUT2D eigenvalue weighted by molar-refractivity contribution is 8.18. The Kier molecular flexibility index (Phi) is 6.79. The molecule has 0 atom stereocenters. The van der Waals surface area contributed by atoms with Gasteiger partial charge in [-0.3, -0.25) is 19.3 Å². The molecule has 1 saturated heterocycles. The Balaban J connectivity index is 1.72. The Labute approximate surface area is 179 Å². The summed E-state index contributed by atoms with van der Waals surface area (Å²) in [6.07, 6.45) is 1.60. The highest BCUT2D eigenvalue weighted by Crippen LogP contribution is 2.34. The minimum atomic E-state index is -0.502. The topological polar surface area (TPSA) is 84.9 Å². The van der Waals surface area contributed by atoms with Crippen LogP contribution in [0.15, 0.2) is 47.4 Å². The molecule has 3 amide bonds. The van der Waals surface area contributed by atoms with Gasteiger partial charge in [0.25, 0.3) is 11.1 Å². The maximum Gasteiger partial charge on any atom is 0.294 e. The van der Waals surface area contributed by atoms with Crippen LogP contribution in [-0.2, 0) is 9.59 Å². The van der Waals surface area contributed by atoms with Crippen LogP contribution in [0.5, 0.6) is 11.5 Å². The van der Waals surface area contributed by atoms with Crippen LogP contribution in [0.1, 0.15) is 18.1 Å². The standard InChI is InChI=1S/C22H22N2O5S/c1-4-29-18-11-15(8-9-17(18)28-3)12-19-21(26)24(22(27)30-19)13-20(25)23-16-7-5-6-14(2)10-16/h5-12H,4,13H2,1-3H3,(H,23,25)/b19-12+. The van der Waals surface area contributed by atoms with Gasteiger partial charge in [0.15, 0.2) is 11.5 Å². The lowest BCUT2D eigenvalue weighted by atomic mass is 10.2. The van der Waals surface area contributed by atoms with Gasteiger partial charge in [0.2, 0.25) is 5.91 Å². The molecule has 0 spiro atoms. The zero-order valence-corrected chi connectivity index (χ0v) is 17.7. The molecule has 0 aliphatic carbocycles. The zero-order valence-electron chi connectivity index (χ0n) is 16.9. The first-order chi connectivity index (χ1) is 14.4. The van der Waals surface area contributed by atoms with Crippen LogP contribution >= 0.6 is 11.8 Å². The Hall–Kier alpha value is -3.26. The number of anilines is 1. The quantitative estimate of drug-likeness (QED) is 0.672. The average Bonchev–Trinajstić information content (AvgIpc) is 2.96. The molecule has 30 heavy (non-hydrogen) atoms. The number of ether oxygens (including phenoxy) is 2. The number of aryl methyl sites for hydroxylation is 1. The molecule has 1 fully saturated rings. The van der Waals surface area contributed by atoms with Gasteiger partial charge in [-0.05, 0) is 67.1 Å². The van der Waals surface area contributed by atoms with E-state index in [1.165, 1.54) is 0 Å². The molecule has 1 aliphatic heterocycles. The number of rotatable bonds is 7. The van der Waals surface area contributed by atoms with Gasteiger partial charge in [0.1, 0.15) is 6.54 Å². The van der Waals surface area contributed by atoms with Crippen LogP contribution in [0.3, 0.4) is 0 Å². The molecule has 1 heterocycles. The Bertz CT molecular complexity index is 1020. The summed E-state index contributed by atoms with van der Waals surface area (Å²) in [4.78, 5) is 38.5. The normalized spacial score (nSPS) is 14.9. The van der Waals surface area contributed by atoms with Crippen LogP contribution in [0.25, 0.3) is 6.08 Å². The molecule has 2 aromatic rings. The third-order valence-electron chi connectivity index (χ3n) is 4.26. The van der Waals surface area contributed by atoms with Gasteiger partial charge >= 0.3 is 0 Å². The van der Waals surface area contributed by atoms with Crippen LogP contribution in [0.2, 0.25) is 0 Å². The summed E-state index contributed by atoms with van der Waals surface area (Å²) >= 11 is 0.803. The summed E-state index contributed by atoms with van der Waals surface area (Å²) in [7, 11) is 1.55. The zero-order chi connectivity index (χ0) is 21.7. The second kappa shape index (κ2) is 9.49. The van der Waals surface area contributed by atoms with E-state index in [1.807, 2.05) is 32.0 Å². The summed E-state index contributed by atoms with van der Waals surface area (Å²) < 4.78 is 10.8. The molecular weight excluding hydrogens is 404 g/mol.